The average Bonchev–Trinajstić information content (AvgIpc) is 2.17. The fraction of sp³-hybridized carbons (Fsp3) is 1.00. The van der Waals surface area contributed by atoms with Crippen molar-refractivity contribution in [3.63, 3.8) is 0 Å². The molecule has 0 fully saturated rings. The molecule has 0 aromatic heterocycles. The van der Waals surface area contributed by atoms with Gasteiger partial charge in [-0.2, -0.15) is 0 Å². The second-order valence-electron chi connectivity index (χ2n) is 2.98. The lowest BCUT2D eigenvalue weighted by molar-refractivity contribution is 0.110. The van der Waals surface area contributed by atoms with E-state index in [2.05, 4.69) is 5.32 Å². The minimum Gasteiger partial charge on any atom is -0.382 e. The Morgan fingerprint density at radius 2 is 1.85 bits per heavy atom. The van der Waals surface area contributed by atoms with Crippen LogP contribution in [0.5, 0.6) is 0 Å². The van der Waals surface area contributed by atoms with Gasteiger partial charge in [0.05, 0.1) is 6.61 Å². The van der Waals surface area contributed by atoms with Gasteiger partial charge >= 0.3 is 0 Å². The Kier molecular flexibility index (Phi) is 9.87. The minimum absolute atomic E-state index is 0.473. The molecular weight excluding hydrogens is 166 g/mol. The SMILES string of the molecule is CCOCCCC(COCC)NC. The van der Waals surface area contributed by atoms with E-state index in [-0.39, 0.29) is 0 Å². The van der Waals surface area contributed by atoms with Crippen molar-refractivity contribution in [3.8, 4) is 0 Å². The van der Waals surface area contributed by atoms with Crippen LogP contribution in [0.3, 0.4) is 0 Å². The molecule has 1 N–H and O–H groups in total. The van der Waals surface area contributed by atoms with Crippen LogP contribution < -0.4 is 5.32 Å². The van der Waals surface area contributed by atoms with Crippen LogP contribution in [-0.2, 0) is 9.47 Å². The zero-order valence-electron chi connectivity index (χ0n) is 9.14. The van der Waals surface area contributed by atoms with Gasteiger partial charge in [0, 0.05) is 25.9 Å². The summed E-state index contributed by atoms with van der Waals surface area (Å²) in [4.78, 5) is 0. The highest BCUT2D eigenvalue weighted by molar-refractivity contribution is 4.62. The first kappa shape index (κ1) is 12.9. The molecular formula is C10H23NO2. The second kappa shape index (κ2) is 9.96. The zero-order valence-corrected chi connectivity index (χ0v) is 9.14. The Morgan fingerprint density at radius 1 is 1.15 bits per heavy atom. The van der Waals surface area contributed by atoms with Gasteiger partial charge < -0.3 is 14.8 Å². The van der Waals surface area contributed by atoms with Crippen molar-refractivity contribution in [3.05, 3.63) is 0 Å². The van der Waals surface area contributed by atoms with Crippen molar-refractivity contribution < 1.29 is 9.47 Å². The Bertz CT molecular complexity index is 98.9. The normalized spacial score (nSPS) is 13.2. The summed E-state index contributed by atoms with van der Waals surface area (Å²) >= 11 is 0. The van der Waals surface area contributed by atoms with E-state index in [1.54, 1.807) is 0 Å². The standard InChI is InChI=1S/C10H23NO2/c1-4-12-8-6-7-10(11-3)9-13-5-2/h10-11H,4-9H2,1-3H3. The highest BCUT2D eigenvalue weighted by Gasteiger charge is 2.04. The second-order valence-corrected chi connectivity index (χ2v) is 2.98. The maximum absolute atomic E-state index is 5.34. The summed E-state index contributed by atoms with van der Waals surface area (Å²) in [7, 11) is 1.98. The molecule has 0 bridgehead atoms. The topological polar surface area (TPSA) is 30.5 Å². The monoisotopic (exact) mass is 189 g/mol. The van der Waals surface area contributed by atoms with Gasteiger partial charge in [-0.15, -0.1) is 0 Å². The molecule has 3 nitrogen and oxygen atoms in total. The Morgan fingerprint density at radius 3 is 2.38 bits per heavy atom. The number of rotatable bonds is 9. The Labute approximate surface area is 81.8 Å². The Balaban J connectivity index is 3.25. The van der Waals surface area contributed by atoms with Crippen LogP contribution in [0.15, 0.2) is 0 Å². The first-order valence-corrected chi connectivity index (χ1v) is 5.17. The third-order valence-electron chi connectivity index (χ3n) is 1.98. The molecule has 0 spiro atoms. The molecule has 3 heteroatoms. The van der Waals surface area contributed by atoms with Crippen molar-refractivity contribution in [2.45, 2.75) is 32.7 Å². The summed E-state index contributed by atoms with van der Waals surface area (Å²) in [6.07, 6.45) is 2.23. The van der Waals surface area contributed by atoms with Crippen LogP contribution in [0.2, 0.25) is 0 Å². The molecule has 1 unspecified atom stereocenters. The molecule has 0 radical (unpaired) electrons. The van der Waals surface area contributed by atoms with Crippen LogP contribution in [0.25, 0.3) is 0 Å². The van der Waals surface area contributed by atoms with Crippen LogP contribution in [-0.4, -0.2) is 39.5 Å². The maximum atomic E-state index is 5.34. The average molecular weight is 189 g/mol. The summed E-state index contributed by atoms with van der Waals surface area (Å²) < 4.78 is 10.6. The van der Waals surface area contributed by atoms with Crippen molar-refractivity contribution in [1.29, 1.82) is 0 Å². The molecule has 0 aliphatic rings. The van der Waals surface area contributed by atoms with E-state index in [1.165, 1.54) is 0 Å². The van der Waals surface area contributed by atoms with E-state index in [0.29, 0.717) is 6.04 Å². The fourth-order valence-electron chi connectivity index (χ4n) is 1.15. The molecule has 0 saturated carbocycles. The van der Waals surface area contributed by atoms with Gasteiger partial charge in [0.15, 0.2) is 0 Å². The molecule has 0 saturated heterocycles. The van der Waals surface area contributed by atoms with E-state index < -0.39 is 0 Å². The third-order valence-corrected chi connectivity index (χ3v) is 1.98. The molecule has 13 heavy (non-hydrogen) atoms. The highest BCUT2D eigenvalue weighted by atomic mass is 16.5. The van der Waals surface area contributed by atoms with Crippen molar-refractivity contribution in [2.75, 3.05) is 33.5 Å². The van der Waals surface area contributed by atoms with E-state index >= 15 is 0 Å². The number of likely N-dealkylation sites (N-methyl/N-ethyl adjacent to an activating group) is 1. The first-order valence-electron chi connectivity index (χ1n) is 5.17. The smallest absolute Gasteiger partial charge is 0.0619 e. The predicted molar refractivity (Wildman–Crippen MR) is 55.1 cm³/mol. The van der Waals surface area contributed by atoms with Crippen molar-refractivity contribution in [2.24, 2.45) is 0 Å². The minimum atomic E-state index is 0.473. The number of hydrogen-bond donors (Lipinski definition) is 1. The predicted octanol–water partition coefficient (Wildman–Crippen LogP) is 1.43. The zero-order chi connectivity index (χ0) is 9.94. The first-order chi connectivity index (χ1) is 6.35. The molecule has 80 valence electrons. The molecule has 1 atom stereocenters. The maximum Gasteiger partial charge on any atom is 0.0619 e. The fourth-order valence-corrected chi connectivity index (χ4v) is 1.15. The quantitative estimate of drug-likeness (QED) is 0.557. The summed E-state index contributed by atoms with van der Waals surface area (Å²) in [6, 6.07) is 0.473. The molecule has 0 amide bonds. The number of nitrogens with one attached hydrogen (secondary N) is 1. The van der Waals surface area contributed by atoms with Gasteiger partial charge in [0.1, 0.15) is 0 Å². The number of ether oxygens (including phenoxy) is 2. The summed E-state index contributed by atoms with van der Waals surface area (Å²) in [5, 5.41) is 3.23. The van der Waals surface area contributed by atoms with E-state index in [1.807, 2.05) is 20.9 Å². The third kappa shape index (κ3) is 8.22. The van der Waals surface area contributed by atoms with E-state index in [4.69, 9.17) is 9.47 Å². The van der Waals surface area contributed by atoms with Gasteiger partial charge in [-0.05, 0) is 33.7 Å². The van der Waals surface area contributed by atoms with Crippen LogP contribution >= 0.6 is 0 Å². The van der Waals surface area contributed by atoms with Crippen LogP contribution in [0.1, 0.15) is 26.7 Å². The lowest BCUT2D eigenvalue weighted by Crippen LogP contribution is -2.30. The Hall–Kier alpha value is -0.120. The van der Waals surface area contributed by atoms with Gasteiger partial charge in [-0.1, -0.05) is 0 Å². The molecule has 0 heterocycles. The summed E-state index contributed by atoms with van der Waals surface area (Å²) in [5.74, 6) is 0. The van der Waals surface area contributed by atoms with Gasteiger partial charge in [0.2, 0.25) is 0 Å². The molecule has 0 aliphatic heterocycles. The lowest BCUT2D eigenvalue weighted by atomic mass is 10.2. The summed E-state index contributed by atoms with van der Waals surface area (Å²) in [5.41, 5.74) is 0. The lowest BCUT2D eigenvalue weighted by Gasteiger charge is -2.15. The van der Waals surface area contributed by atoms with Crippen molar-refractivity contribution >= 4 is 0 Å². The van der Waals surface area contributed by atoms with E-state index in [9.17, 15) is 0 Å². The van der Waals surface area contributed by atoms with Gasteiger partial charge in [0.25, 0.3) is 0 Å². The van der Waals surface area contributed by atoms with Crippen LogP contribution in [0.4, 0.5) is 0 Å². The molecule has 0 aromatic rings. The van der Waals surface area contributed by atoms with Crippen LogP contribution in [0, 0.1) is 0 Å². The largest absolute Gasteiger partial charge is 0.382 e. The van der Waals surface area contributed by atoms with E-state index in [0.717, 1.165) is 39.3 Å². The van der Waals surface area contributed by atoms with Gasteiger partial charge in [-0.3, -0.25) is 0 Å². The van der Waals surface area contributed by atoms with Gasteiger partial charge in [-0.25, -0.2) is 0 Å². The van der Waals surface area contributed by atoms with Crippen molar-refractivity contribution in [1.82, 2.24) is 5.32 Å². The molecule has 0 aromatic carbocycles. The number of hydrogen-bond acceptors (Lipinski definition) is 3. The highest BCUT2D eigenvalue weighted by Crippen LogP contribution is 1.98. The molecule has 0 aliphatic carbocycles. The summed E-state index contributed by atoms with van der Waals surface area (Å²) in [6.45, 7) is 7.32. The molecule has 0 rings (SSSR count).